The third-order valence-corrected chi connectivity index (χ3v) is 5.44. The second-order valence-electron chi connectivity index (χ2n) is 7.75. The summed E-state index contributed by atoms with van der Waals surface area (Å²) in [7, 11) is 0. The summed E-state index contributed by atoms with van der Waals surface area (Å²) in [6.45, 7) is 6.46. The molecule has 0 atom stereocenters. The molecule has 4 aromatic rings. The first-order valence-electron chi connectivity index (χ1n) is 9.85. The molecule has 30 heavy (non-hydrogen) atoms. The number of aliphatic carboxylic acids is 1. The van der Waals surface area contributed by atoms with Crippen LogP contribution in [0.25, 0.3) is 22.2 Å². The van der Waals surface area contributed by atoms with Crippen LogP contribution in [-0.4, -0.2) is 20.6 Å². The fourth-order valence-corrected chi connectivity index (χ4v) is 3.98. The fourth-order valence-electron chi connectivity index (χ4n) is 3.98. The quantitative estimate of drug-likeness (QED) is 0.483. The maximum atomic E-state index is 13.3. The van der Waals surface area contributed by atoms with E-state index < -0.39 is 5.97 Å². The maximum absolute atomic E-state index is 13.3. The Balaban J connectivity index is 1.96. The fraction of sp³-hybridized carbons (Fsp3) is 0.200. The Hall–Kier alpha value is -3.47. The van der Waals surface area contributed by atoms with Crippen LogP contribution in [0.5, 0.6) is 0 Å². The van der Waals surface area contributed by atoms with Gasteiger partial charge in [0.05, 0.1) is 6.42 Å². The van der Waals surface area contributed by atoms with Crippen LogP contribution >= 0.6 is 0 Å². The Bertz CT molecular complexity index is 1240. The molecule has 0 aliphatic rings. The van der Waals surface area contributed by atoms with Crippen molar-refractivity contribution in [1.82, 2.24) is 9.55 Å². The summed E-state index contributed by atoms with van der Waals surface area (Å²) in [6, 6.07) is 14.6. The lowest BCUT2D eigenvalue weighted by Crippen LogP contribution is -2.08. The summed E-state index contributed by atoms with van der Waals surface area (Å²) in [5.41, 5.74) is 7.30. The van der Waals surface area contributed by atoms with Crippen molar-refractivity contribution in [3.63, 3.8) is 0 Å². The molecule has 2 heterocycles. The number of rotatable bonds is 5. The molecular formula is C25H23FN2O2. The number of fused-ring (bicyclic) bond motifs is 1. The molecule has 0 saturated heterocycles. The van der Waals surface area contributed by atoms with Crippen LogP contribution in [0, 0.1) is 26.6 Å². The Morgan fingerprint density at radius 1 is 1.03 bits per heavy atom. The van der Waals surface area contributed by atoms with E-state index in [0.717, 1.165) is 44.4 Å². The van der Waals surface area contributed by atoms with E-state index in [-0.39, 0.29) is 12.2 Å². The molecule has 2 aromatic heterocycles. The molecule has 0 bridgehead atoms. The van der Waals surface area contributed by atoms with Crippen molar-refractivity contribution in [3.05, 3.63) is 88.5 Å². The number of hydrogen-bond donors (Lipinski definition) is 1. The van der Waals surface area contributed by atoms with Gasteiger partial charge >= 0.3 is 5.97 Å². The molecule has 1 N–H and O–H groups in total. The van der Waals surface area contributed by atoms with Gasteiger partial charge in [0.2, 0.25) is 0 Å². The van der Waals surface area contributed by atoms with Gasteiger partial charge in [-0.1, -0.05) is 42.0 Å². The average molecular weight is 402 g/mol. The molecule has 0 saturated carbocycles. The third kappa shape index (κ3) is 3.71. The number of carboxylic acid groups (broad SMARTS) is 1. The predicted molar refractivity (Wildman–Crippen MR) is 116 cm³/mol. The van der Waals surface area contributed by atoms with Crippen molar-refractivity contribution in [2.24, 2.45) is 0 Å². The summed E-state index contributed by atoms with van der Waals surface area (Å²) in [5, 5.41) is 10.5. The minimum Gasteiger partial charge on any atom is -0.481 e. The summed E-state index contributed by atoms with van der Waals surface area (Å²) in [5.74, 6) is -1.14. The largest absolute Gasteiger partial charge is 0.481 e. The van der Waals surface area contributed by atoms with E-state index in [1.165, 1.54) is 12.1 Å². The van der Waals surface area contributed by atoms with Gasteiger partial charge in [-0.3, -0.25) is 4.79 Å². The molecule has 0 aliphatic carbocycles. The van der Waals surface area contributed by atoms with Crippen molar-refractivity contribution in [1.29, 1.82) is 0 Å². The Morgan fingerprint density at radius 2 is 1.70 bits per heavy atom. The SMILES string of the molecule is Cc1ccc(-c2c(CC(=O)O)c(C)nc3c2c(C)cn3Cc2ccc(F)cc2)cc1. The molecule has 5 heteroatoms. The third-order valence-electron chi connectivity index (χ3n) is 5.44. The average Bonchev–Trinajstić information content (AvgIpc) is 3.00. The van der Waals surface area contributed by atoms with Crippen LogP contribution in [0.3, 0.4) is 0 Å². The highest BCUT2D eigenvalue weighted by Crippen LogP contribution is 2.36. The number of nitrogens with zero attached hydrogens (tertiary/aromatic N) is 2. The van der Waals surface area contributed by atoms with Crippen molar-refractivity contribution in [2.75, 3.05) is 0 Å². The predicted octanol–water partition coefficient (Wildman–Crippen LogP) is 5.44. The molecule has 0 unspecified atom stereocenters. The van der Waals surface area contributed by atoms with E-state index in [9.17, 15) is 14.3 Å². The monoisotopic (exact) mass is 402 g/mol. The van der Waals surface area contributed by atoms with Gasteiger partial charge in [0.25, 0.3) is 0 Å². The Kier molecular flexibility index (Phi) is 5.12. The van der Waals surface area contributed by atoms with Crippen LogP contribution in [0.4, 0.5) is 4.39 Å². The second kappa shape index (κ2) is 7.75. The van der Waals surface area contributed by atoms with E-state index in [1.807, 2.05) is 55.8 Å². The second-order valence-corrected chi connectivity index (χ2v) is 7.75. The molecule has 0 amide bonds. The zero-order chi connectivity index (χ0) is 21.4. The number of aromatic nitrogens is 2. The normalized spacial score (nSPS) is 11.2. The lowest BCUT2D eigenvalue weighted by Gasteiger charge is -2.15. The number of halogens is 1. The van der Waals surface area contributed by atoms with Crippen molar-refractivity contribution in [3.8, 4) is 11.1 Å². The van der Waals surface area contributed by atoms with E-state index in [0.29, 0.717) is 12.2 Å². The molecule has 4 nitrogen and oxygen atoms in total. The van der Waals surface area contributed by atoms with Gasteiger partial charge in [-0.2, -0.15) is 0 Å². The van der Waals surface area contributed by atoms with Crippen LogP contribution in [0.1, 0.15) is 27.9 Å². The number of benzene rings is 2. The number of carboxylic acids is 1. The topological polar surface area (TPSA) is 55.1 Å². The highest BCUT2D eigenvalue weighted by atomic mass is 19.1. The van der Waals surface area contributed by atoms with Gasteiger partial charge in [-0.15, -0.1) is 0 Å². The molecule has 0 radical (unpaired) electrons. The van der Waals surface area contributed by atoms with E-state index >= 15 is 0 Å². The van der Waals surface area contributed by atoms with Crippen LogP contribution in [-0.2, 0) is 17.8 Å². The molecule has 152 valence electrons. The smallest absolute Gasteiger partial charge is 0.307 e. The zero-order valence-electron chi connectivity index (χ0n) is 17.2. The highest BCUT2D eigenvalue weighted by molar-refractivity contribution is 5.99. The first kappa shape index (κ1) is 19.8. The molecule has 2 aromatic carbocycles. The zero-order valence-corrected chi connectivity index (χ0v) is 17.2. The summed E-state index contributed by atoms with van der Waals surface area (Å²) in [4.78, 5) is 16.4. The van der Waals surface area contributed by atoms with Crippen molar-refractivity contribution >= 4 is 17.0 Å². The van der Waals surface area contributed by atoms with E-state index in [4.69, 9.17) is 4.98 Å². The number of hydrogen-bond acceptors (Lipinski definition) is 2. The van der Waals surface area contributed by atoms with Gasteiger partial charge in [-0.05, 0) is 60.7 Å². The number of aryl methyl sites for hydroxylation is 3. The van der Waals surface area contributed by atoms with Gasteiger partial charge in [0.1, 0.15) is 11.5 Å². The molecule has 0 fully saturated rings. The summed E-state index contributed by atoms with van der Waals surface area (Å²) < 4.78 is 15.3. The summed E-state index contributed by atoms with van der Waals surface area (Å²) in [6.07, 6.45) is 1.95. The minimum absolute atomic E-state index is 0.0828. The van der Waals surface area contributed by atoms with E-state index in [1.54, 1.807) is 12.1 Å². The van der Waals surface area contributed by atoms with Crippen LogP contribution in [0.15, 0.2) is 54.7 Å². The lowest BCUT2D eigenvalue weighted by molar-refractivity contribution is -0.136. The molecule has 0 spiro atoms. The minimum atomic E-state index is -0.879. The Labute approximate surface area is 174 Å². The van der Waals surface area contributed by atoms with Crippen molar-refractivity contribution in [2.45, 2.75) is 33.7 Å². The number of carbonyl (C=O) groups is 1. The van der Waals surface area contributed by atoms with Crippen LogP contribution in [0.2, 0.25) is 0 Å². The first-order valence-corrected chi connectivity index (χ1v) is 9.85. The van der Waals surface area contributed by atoms with Gasteiger partial charge in [0, 0.05) is 23.8 Å². The highest BCUT2D eigenvalue weighted by Gasteiger charge is 2.21. The molecule has 0 aliphatic heterocycles. The van der Waals surface area contributed by atoms with Gasteiger partial charge in [0.15, 0.2) is 0 Å². The first-order chi connectivity index (χ1) is 14.3. The standard InChI is InChI=1S/C25H23FN2O2/c1-15-4-8-19(9-5-15)24-21(12-22(29)30)17(3)27-25-23(24)16(2)13-28(25)14-18-6-10-20(26)11-7-18/h4-11,13H,12,14H2,1-3H3,(H,29,30). The van der Waals surface area contributed by atoms with Crippen molar-refractivity contribution < 1.29 is 14.3 Å². The molecular weight excluding hydrogens is 379 g/mol. The van der Waals surface area contributed by atoms with Gasteiger partial charge < -0.3 is 9.67 Å². The van der Waals surface area contributed by atoms with E-state index in [2.05, 4.69) is 0 Å². The molecule has 4 rings (SSSR count). The lowest BCUT2D eigenvalue weighted by atomic mass is 9.92. The van der Waals surface area contributed by atoms with Gasteiger partial charge in [-0.25, -0.2) is 9.37 Å². The van der Waals surface area contributed by atoms with Crippen LogP contribution < -0.4 is 0 Å². The summed E-state index contributed by atoms with van der Waals surface area (Å²) >= 11 is 0. The Morgan fingerprint density at radius 3 is 2.33 bits per heavy atom. The maximum Gasteiger partial charge on any atom is 0.307 e. The number of pyridine rings is 1.